The van der Waals surface area contributed by atoms with E-state index >= 15 is 0 Å². The zero-order valence-electron chi connectivity index (χ0n) is 10.2. The number of hydrogen-bond acceptors (Lipinski definition) is 2. The highest BCUT2D eigenvalue weighted by molar-refractivity contribution is 6.85. The Kier molecular flexibility index (Phi) is 3.97. The summed E-state index contributed by atoms with van der Waals surface area (Å²) in [5.41, 5.74) is 0.482. The van der Waals surface area contributed by atoms with Gasteiger partial charge in [-0.3, -0.25) is 0 Å². The normalized spacial score (nSPS) is 22.5. The van der Waals surface area contributed by atoms with E-state index in [-0.39, 0.29) is 0 Å². The first-order valence-corrected chi connectivity index (χ1v) is 11.8. The van der Waals surface area contributed by atoms with Crippen molar-refractivity contribution in [1.29, 1.82) is 0 Å². The third kappa shape index (κ3) is 3.84. The largest absolute Gasteiger partial charge is 0.454 e. The van der Waals surface area contributed by atoms with Gasteiger partial charge in [0.05, 0.1) is 12.3 Å². The van der Waals surface area contributed by atoms with Crippen molar-refractivity contribution >= 4 is 16.6 Å². The Morgan fingerprint density at radius 1 is 1.29 bits per heavy atom. The van der Waals surface area contributed by atoms with Crippen molar-refractivity contribution in [3.8, 4) is 0 Å². The summed E-state index contributed by atoms with van der Waals surface area (Å²) in [7, 11) is -2.92. The maximum Gasteiger partial charge on any atom is 0.205 e. The maximum absolute atomic E-state index is 6.40. The molecule has 1 aliphatic rings. The van der Waals surface area contributed by atoms with Crippen LogP contribution < -0.4 is 0 Å². The van der Waals surface area contributed by atoms with Gasteiger partial charge in [-0.25, -0.2) is 0 Å². The molecule has 84 valence electrons. The second-order valence-corrected chi connectivity index (χ2v) is 14.1. The quantitative estimate of drug-likeness (QED) is 0.518. The SMILES string of the molecule is CCCC[Si](C)(C)O[Si](C)(C)C1CO1. The molecule has 2 nitrogen and oxygen atoms in total. The molecule has 0 radical (unpaired) electrons. The first-order valence-electron chi connectivity index (χ1n) is 5.69. The molecule has 0 saturated carbocycles. The van der Waals surface area contributed by atoms with Crippen LogP contribution in [0.1, 0.15) is 19.8 Å². The van der Waals surface area contributed by atoms with E-state index in [0.29, 0.717) is 5.73 Å². The lowest BCUT2D eigenvalue weighted by atomic mass is 10.4. The molecule has 0 N–H and O–H groups in total. The Bertz CT molecular complexity index is 189. The molecule has 1 aliphatic heterocycles. The average Bonchev–Trinajstić information content (AvgIpc) is 2.80. The molecule has 0 aromatic carbocycles. The fourth-order valence-corrected chi connectivity index (χ4v) is 10.6. The molecular formula is C10H24O2Si2. The third-order valence-corrected chi connectivity index (χ3v) is 10.5. The van der Waals surface area contributed by atoms with Crippen LogP contribution in [-0.4, -0.2) is 29.0 Å². The highest BCUT2D eigenvalue weighted by Gasteiger charge is 2.46. The molecule has 1 saturated heterocycles. The lowest BCUT2D eigenvalue weighted by Crippen LogP contribution is -2.48. The van der Waals surface area contributed by atoms with Crippen LogP contribution in [0, 0.1) is 0 Å². The van der Waals surface area contributed by atoms with E-state index in [1.165, 1.54) is 18.9 Å². The smallest absolute Gasteiger partial charge is 0.205 e. The third-order valence-electron chi connectivity index (χ3n) is 2.78. The van der Waals surface area contributed by atoms with Crippen molar-refractivity contribution in [2.45, 2.75) is 57.7 Å². The number of rotatable bonds is 6. The molecule has 0 aromatic heterocycles. The Morgan fingerprint density at radius 3 is 2.29 bits per heavy atom. The Balaban J connectivity index is 2.39. The molecule has 1 rings (SSSR count). The van der Waals surface area contributed by atoms with Crippen LogP contribution in [0.15, 0.2) is 0 Å². The summed E-state index contributed by atoms with van der Waals surface area (Å²) in [6.07, 6.45) is 2.59. The summed E-state index contributed by atoms with van der Waals surface area (Å²) in [6.45, 7) is 12.5. The van der Waals surface area contributed by atoms with Crippen molar-refractivity contribution in [3.05, 3.63) is 0 Å². The van der Waals surface area contributed by atoms with Gasteiger partial charge < -0.3 is 8.85 Å². The molecule has 0 amide bonds. The first kappa shape index (κ1) is 12.4. The lowest BCUT2D eigenvalue weighted by Gasteiger charge is -2.33. The van der Waals surface area contributed by atoms with Gasteiger partial charge in [0.1, 0.15) is 0 Å². The second-order valence-electron chi connectivity index (χ2n) is 5.39. The fraction of sp³-hybridized carbons (Fsp3) is 1.00. The molecule has 14 heavy (non-hydrogen) atoms. The minimum absolute atomic E-state index is 0.482. The predicted octanol–water partition coefficient (Wildman–Crippen LogP) is 3.15. The van der Waals surface area contributed by atoms with Crippen molar-refractivity contribution in [2.75, 3.05) is 6.61 Å². The number of epoxide rings is 1. The van der Waals surface area contributed by atoms with Gasteiger partial charge in [-0.15, -0.1) is 0 Å². The summed E-state index contributed by atoms with van der Waals surface area (Å²) in [6, 6.07) is 1.30. The van der Waals surface area contributed by atoms with E-state index in [1.807, 2.05) is 0 Å². The lowest BCUT2D eigenvalue weighted by molar-refractivity contribution is 0.420. The number of ether oxygens (including phenoxy) is 1. The van der Waals surface area contributed by atoms with Crippen molar-refractivity contribution in [3.63, 3.8) is 0 Å². The van der Waals surface area contributed by atoms with Crippen LogP contribution in [-0.2, 0) is 8.85 Å². The molecule has 1 fully saturated rings. The maximum atomic E-state index is 6.40. The minimum Gasteiger partial charge on any atom is -0.454 e. The summed E-state index contributed by atoms with van der Waals surface area (Å²) >= 11 is 0. The van der Waals surface area contributed by atoms with E-state index in [0.717, 1.165) is 6.61 Å². The highest BCUT2D eigenvalue weighted by atomic mass is 28.4. The van der Waals surface area contributed by atoms with Crippen LogP contribution in [0.5, 0.6) is 0 Å². The molecule has 0 bridgehead atoms. The van der Waals surface area contributed by atoms with Gasteiger partial charge in [0.2, 0.25) is 8.32 Å². The van der Waals surface area contributed by atoms with Crippen molar-refractivity contribution < 1.29 is 8.85 Å². The van der Waals surface area contributed by atoms with E-state index in [4.69, 9.17) is 8.85 Å². The molecule has 1 unspecified atom stereocenters. The van der Waals surface area contributed by atoms with Gasteiger partial charge in [0.15, 0.2) is 8.32 Å². The first-order chi connectivity index (χ1) is 6.37. The van der Waals surface area contributed by atoms with Crippen LogP contribution >= 0.6 is 0 Å². The van der Waals surface area contributed by atoms with Gasteiger partial charge in [0.25, 0.3) is 0 Å². The van der Waals surface area contributed by atoms with E-state index < -0.39 is 16.6 Å². The number of unbranched alkanes of at least 4 members (excludes halogenated alkanes) is 1. The van der Waals surface area contributed by atoms with Gasteiger partial charge in [-0.1, -0.05) is 19.8 Å². The molecule has 0 spiro atoms. The van der Waals surface area contributed by atoms with Gasteiger partial charge in [0, 0.05) is 0 Å². The molecule has 1 atom stereocenters. The van der Waals surface area contributed by atoms with Crippen molar-refractivity contribution in [2.24, 2.45) is 0 Å². The van der Waals surface area contributed by atoms with Crippen molar-refractivity contribution in [1.82, 2.24) is 0 Å². The molecule has 1 heterocycles. The topological polar surface area (TPSA) is 21.8 Å². The predicted molar refractivity (Wildman–Crippen MR) is 65.5 cm³/mol. The van der Waals surface area contributed by atoms with E-state index in [9.17, 15) is 0 Å². The van der Waals surface area contributed by atoms with Gasteiger partial charge in [-0.2, -0.15) is 0 Å². The molecule has 4 heteroatoms. The van der Waals surface area contributed by atoms with Crippen LogP contribution in [0.25, 0.3) is 0 Å². The van der Waals surface area contributed by atoms with Gasteiger partial charge >= 0.3 is 0 Å². The molecule has 0 aliphatic carbocycles. The highest BCUT2D eigenvalue weighted by Crippen LogP contribution is 2.29. The zero-order valence-corrected chi connectivity index (χ0v) is 12.2. The molecular weight excluding hydrogens is 208 g/mol. The van der Waals surface area contributed by atoms with Crippen LogP contribution in [0.2, 0.25) is 32.2 Å². The minimum atomic E-state index is -1.52. The fourth-order valence-electron chi connectivity index (χ4n) is 1.88. The van der Waals surface area contributed by atoms with E-state index in [2.05, 4.69) is 33.1 Å². The number of hydrogen-bond donors (Lipinski definition) is 0. The Morgan fingerprint density at radius 2 is 1.86 bits per heavy atom. The zero-order chi connectivity index (χ0) is 10.8. The van der Waals surface area contributed by atoms with E-state index in [1.54, 1.807) is 0 Å². The second kappa shape index (κ2) is 4.47. The summed E-state index contributed by atoms with van der Waals surface area (Å²) < 4.78 is 11.8. The summed E-state index contributed by atoms with van der Waals surface area (Å²) in [4.78, 5) is 0. The summed E-state index contributed by atoms with van der Waals surface area (Å²) in [5, 5.41) is 0. The Labute approximate surface area is 90.3 Å². The molecule has 0 aromatic rings. The Hall–Kier alpha value is 0.354. The van der Waals surface area contributed by atoms with Crippen LogP contribution in [0.3, 0.4) is 0 Å². The van der Waals surface area contributed by atoms with Gasteiger partial charge in [-0.05, 0) is 32.2 Å². The average molecular weight is 232 g/mol. The summed E-state index contributed by atoms with van der Waals surface area (Å²) in [5.74, 6) is 0. The van der Waals surface area contributed by atoms with Crippen LogP contribution in [0.4, 0.5) is 0 Å². The standard InChI is InChI=1S/C10H24O2Si2/c1-6-7-8-13(2,3)12-14(4,5)10-9-11-10/h10H,6-9H2,1-5H3. The monoisotopic (exact) mass is 232 g/mol.